The van der Waals surface area contributed by atoms with Crippen molar-refractivity contribution < 1.29 is 13.2 Å². The molecule has 2 fully saturated rings. The third-order valence-electron chi connectivity index (χ3n) is 4.95. The van der Waals surface area contributed by atoms with Crippen LogP contribution in [-0.4, -0.2) is 42.2 Å². The number of rotatable bonds is 4. The zero-order chi connectivity index (χ0) is 15.9. The van der Waals surface area contributed by atoms with Gasteiger partial charge in [0.1, 0.15) is 11.9 Å². The summed E-state index contributed by atoms with van der Waals surface area (Å²) < 4.78 is 32.5. The molecule has 1 aliphatic heterocycles. The zero-order valence-electron chi connectivity index (χ0n) is 13.4. The molecule has 3 rings (SSSR count). The molecule has 3 atom stereocenters. The summed E-state index contributed by atoms with van der Waals surface area (Å²) in [4.78, 5) is 4.25. The van der Waals surface area contributed by atoms with Crippen LogP contribution in [0.1, 0.15) is 32.4 Å². The van der Waals surface area contributed by atoms with E-state index >= 15 is 0 Å². The van der Waals surface area contributed by atoms with Crippen LogP contribution in [-0.2, 0) is 10.0 Å². The predicted molar refractivity (Wildman–Crippen MR) is 85.2 cm³/mol. The van der Waals surface area contributed by atoms with E-state index < -0.39 is 10.0 Å². The average Bonchev–Trinajstić information content (AvgIpc) is 3.03. The molecule has 22 heavy (non-hydrogen) atoms. The molecule has 0 spiro atoms. The van der Waals surface area contributed by atoms with Crippen molar-refractivity contribution in [2.75, 3.05) is 13.1 Å². The highest BCUT2D eigenvalue weighted by Gasteiger charge is 2.47. The van der Waals surface area contributed by atoms with Crippen molar-refractivity contribution in [3.05, 3.63) is 24.0 Å². The largest absolute Gasteiger partial charge is 0.488 e. The van der Waals surface area contributed by atoms with Gasteiger partial charge >= 0.3 is 0 Å². The van der Waals surface area contributed by atoms with Gasteiger partial charge in [0.05, 0.1) is 10.9 Å². The molecule has 1 aromatic heterocycles. The molecule has 2 heterocycles. The minimum absolute atomic E-state index is 0.0975. The Balaban J connectivity index is 1.72. The van der Waals surface area contributed by atoms with E-state index in [2.05, 4.69) is 4.98 Å². The van der Waals surface area contributed by atoms with Gasteiger partial charge in [-0.3, -0.25) is 4.98 Å². The third-order valence-corrected chi connectivity index (χ3v) is 7.16. The quantitative estimate of drug-likeness (QED) is 0.852. The van der Waals surface area contributed by atoms with E-state index in [-0.39, 0.29) is 11.4 Å². The highest BCUT2D eigenvalue weighted by Crippen LogP contribution is 2.41. The smallest absolute Gasteiger partial charge is 0.216 e. The first-order valence-corrected chi connectivity index (χ1v) is 9.47. The SMILES string of the molecule is Cc1ncccc1O[C@@H]1CC[C@@H]2CN(S(=O)(=O)C(C)C)C[C@@H]21. The van der Waals surface area contributed by atoms with Gasteiger partial charge in [0, 0.05) is 25.2 Å². The molecular weight excluding hydrogens is 300 g/mol. The number of ether oxygens (including phenoxy) is 1. The van der Waals surface area contributed by atoms with Crippen LogP contribution >= 0.6 is 0 Å². The fourth-order valence-corrected chi connectivity index (χ4v) is 4.96. The van der Waals surface area contributed by atoms with Crippen molar-refractivity contribution in [3.63, 3.8) is 0 Å². The Hall–Kier alpha value is -1.14. The second kappa shape index (κ2) is 5.81. The van der Waals surface area contributed by atoms with Gasteiger partial charge in [-0.25, -0.2) is 12.7 Å². The van der Waals surface area contributed by atoms with Crippen LogP contribution in [0.3, 0.4) is 0 Å². The van der Waals surface area contributed by atoms with E-state index in [9.17, 15) is 8.42 Å². The molecule has 0 N–H and O–H groups in total. The fraction of sp³-hybridized carbons (Fsp3) is 0.688. The summed E-state index contributed by atoms with van der Waals surface area (Å²) in [5.41, 5.74) is 0.885. The van der Waals surface area contributed by atoms with Gasteiger partial charge < -0.3 is 4.74 Å². The lowest BCUT2D eigenvalue weighted by molar-refractivity contribution is 0.153. The predicted octanol–water partition coefficient (Wildman–Crippen LogP) is 2.22. The Bertz CT molecular complexity index is 645. The first-order valence-electron chi connectivity index (χ1n) is 7.97. The molecule has 1 saturated carbocycles. The van der Waals surface area contributed by atoms with Gasteiger partial charge in [-0.15, -0.1) is 0 Å². The van der Waals surface area contributed by atoms with E-state index in [0.29, 0.717) is 24.9 Å². The molecular formula is C16H24N2O3S. The van der Waals surface area contributed by atoms with Crippen molar-refractivity contribution in [3.8, 4) is 5.75 Å². The summed E-state index contributed by atoms with van der Waals surface area (Å²) in [6.45, 7) is 6.67. The first kappa shape index (κ1) is 15.7. The minimum atomic E-state index is -3.16. The van der Waals surface area contributed by atoms with Crippen LogP contribution in [0.5, 0.6) is 5.75 Å². The number of aryl methyl sites for hydroxylation is 1. The number of nitrogens with zero attached hydrogens (tertiary/aromatic N) is 2. The molecule has 0 unspecified atom stereocenters. The number of fused-ring (bicyclic) bond motifs is 1. The number of hydrogen-bond acceptors (Lipinski definition) is 4. The monoisotopic (exact) mass is 324 g/mol. The highest BCUT2D eigenvalue weighted by molar-refractivity contribution is 7.89. The van der Waals surface area contributed by atoms with Crippen LogP contribution in [0.4, 0.5) is 0 Å². The van der Waals surface area contributed by atoms with E-state index in [4.69, 9.17) is 4.74 Å². The summed E-state index contributed by atoms with van der Waals surface area (Å²) in [5, 5.41) is -0.355. The summed E-state index contributed by atoms with van der Waals surface area (Å²) >= 11 is 0. The van der Waals surface area contributed by atoms with Gasteiger partial charge in [0.15, 0.2) is 0 Å². The summed E-state index contributed by atoms with van der Waals surface area (Å²) in [7, 11) is -3.16. The summed E-state index contributed by atoms with van der Waals surface area (Å²) in [5.74, 6) is 1.54. The van der Waals surface area contributed by atoms with Crippen LogP contribution in [0.25, 0.3) is 0 Å². The Morgan fingerprint density at radius 1 is 1.32 bits per heavy atom. The maximum Gasteiger partial charge on any atom is 0.216 e. The molecule has 122 valence electrons. The Kier molecular flexibility index (Phi) is 4.16. The average molecular weight is 324 g/mol. The van der Waals surface area contributed by atoms with Gasteiger partial charge in [-0.1, -0.05) is 0 Å². The molecule has 1 aliphatic carbocycles. The van der Waals surface area contributed by atoms with Crippen molar-refractivity contribution in [2.24, 2.45) is 11.8 Å². The van der Waals surface area contributed by atoms with Crippen LogP contribution in [0.15, 0.2) is 18.3 Å². The summed E-state index contributed by atoms with van der Waals surface area (Å²) in [6.07, 6.45) is 3.89. The molecule has 1 aromatic rings. The fourth-order valence-electron chi connectivity index (χ4n) is 3.58. The number of aromatic nitrogens is 1. The zero-order valence-corrected chi connectivity index (χ0v) is 14.2. The van der Waals surface area contributed by atoms with E-state index in [1.807, 2.05) is 19.1 Å². The Labute approximate surface area is 132 Å². The van der Waals surface area contributed by atoms with E-state index in [1.165, 1.54) is 0 Å². The standard InChI is InChI=1S/C16H24N2O3S/c1-11(2)22(19,20)18-9-13-6-7-16(14(13)10-18)21-15-5-4-8-17-12(15)3/h4-5,8,11,13-14,16H,6-7,9-10H2,1-3H3/t13-,14+,16-/m1/s1. The van der Waals surface area contributed by atoms with Crippen molar-refractivity contribution in [1.29, 1.82) is 0 Å². The highest BCUT2D eigenvalue weighted by atomic mass is 32.2. The van der Waals surface area contributed by atoms with E-state index in [0.717, 1.165) is 24.3 Å². The number of pyridine rings is 1. The molecule has 6 heteroatoms. The maximum absolute atomic E-state index is 12.4. The number of hydrogen-bond donors (Lipinski definition) is 0. The minimum Gasteiger partial charge on any atom is -0.488 e. The second-order valence-corrected chi connectivity index (χ2v) is 9.14. The van der Waals surface area contributed by atoms with Gasteiger partial charge in [0.25, 0.3) is 0 Å². The maximum atomic E-state index is 12.4. The summed E-state index contributed by atoms with van der Waals surface area (Å²) in [6, 6.07) is 3.81. The Morgan fingerprint density at radius 2 is 2.09 bits per heavy atom. The molecule has 0 radical (unpaired) electrons. The second-order valence-electron chi connectivity index (χ2n) is 6.66. The lowest BCUT2D eigenvalue weighted by Crippen LogP contribution is -2.36. The van der Waals surface area contributed by atoms with Crippen molar-refractivity contribution >= 4 is 10.0 Å². The van der Waals surface area contributed by atoms with Crippen LogP contribution < -0.4 is 4.74 Å². The van der Waals surface area contributed by atoms with Crippen LogP contribution in [0.2, 0.25) is 0 Å². The molecule has 0 amide bonds. The number of sulfonamides is 1. The normalized spacial score (nSPS) is 29.0. The molecule has 2 aliphatic rings. The van der Waals surface area contributed by atoms with Gasteiger partial charge in [0.2, 0.25) is 10.0 Å². The van der Waals surface area contributed by atoms with Crippen molar-refractivity contribution in [1.82, 2.24) is 9.29 Å². The molecule has 5 nitrogen and oxygen atoms in total. The van der Waals surface area contributed by atoms with E-state index in [1.54, 1.807) is 24.3 Å². The first-order chi connectivity index (χ1) is 10.4. The van der Waals surface area contributed by atoms with Gasteiger partial charge in [-0.05, 0) is 51.7 Å². The molecule has 0 bridgehead atoms. The topological polar surface area (TPSA) is 59.5 Å². The Morgan fingerprint density at radius 3 is 2.77 bits per heavy atom. The van der Waals surface area contributed by atoms with Crippen molar-refractivity contribution in [2.45, 2.75) is 45.0 Å². The molecule has 0 aromatic carbocycles. The third kappa shape index (κ3) is 2.74. The van der Waals surface area contributed by atoms with Crippen LogP contribution in [0, 0.1) is 18.8 Å². The lowest BCUT2D eigenvalue weighted by Gasteiger charge is -2.23. The lowest BCUT2D eigenvalue weighted by atomic mass is 9.99. The molecule has 1 saturated heterocycles. The van der Waals surface area contributed by atoms with Gasteiger partial charge in [-0.2, -0.15) is 0 Å².